The van der Waals surface area contributed by atoms with Crippen LogP contribution in [-0.2, 0) is 9.53 Å². The van der Waals surface area contributed by atoms with E-state index in [-0.39, 0.29) is 19.0 Å². The third-order valence-electron chi connectivity index (χ3n) is 5.88. The lowest BCUT2D eigenvalue weighted by Crippen LogP contribution is -2.47. The number of nitrogens with one attached hydrogen (secondary N) is 1. The van der Waals surface area contributed by atoms with Crippen LogP contribution in [0, 0.1) is 5.82 Å². The quantitative estimate of drug-likeness (QED) is 0.628. The number of benzene rings is 1. The number of rotatable bonds is 5. The van der Waals surface area contributed by atoms with Crippen LogP contribution in [-0.4, -0.2) is 72.0 Å². The number of fused-ring (bicyclic) bond motifs is 1. The Kier molecular flexibility index (Phi) is 5.45. The normalized spacial score (nSPS) is 18.7. The maximum Gasteiger partial charge on any atom is 0.414 e. The Bertz CT molecular complexity index is 1190. The fourth-order valence-corrected chi connectivity index (χ4v) is 4.17. The van der Waals surface area contributed by atoms with Crippen LogP contribution in [0.4, 0.5) is 26.4 Å². The SMILES string of the molecule is CC(=O)NC[C@H]1CN(c2ccc(N3CCN(c4ccc5nccn5n4)CC3)c(F)c2)C(=O)O1. The predicted molar refractivity (Wildman–Crippen MR) is 120 cm³/mol. The fourth-order valence-electron chi connectivity index (χ4n) is 4.17. The zero-order valence-corrected chi connectivity index (χ0v) is 18.1. The van der Waals surface area contributed by atoms with E-state index in [1.807, 2.05) is 23.2 Å². The summed E-state index contributed by atoms with van der Waals surface area (Å²) in [4.78, 5) is 33.0. The topological polar surface area (TPSA) is 95.3 Å². The van der Waals surface area contributed by atoms with Crippen molar-refractivity contribution in [1.82, 2.24) is 19.9 Å². The zero-order chi connectivity index (χ0) is 22.9. The molecule has 11 heteroatoms. The monoisotopic (exact) mass is 453 g/mol. The molecule has 1 N–H and O–H groups in total. The number of piperazine rings is 1. The lowest BCUT2D eigenvalue weighted by atomic mass is 10.2. The van der Waals surface area contributed by atoms with Gasteiger partial charge in [-0.1, -0.05) is 0 Å². The Morgan fingerprint density at radius 1 is 1.18 bits per heavy atom. The molecule has 1 aromatic carbocycles. The highest BCUT2D eigenvalue weighted by atomic mass is 19.1. The predicted octanol–water partition coefficient (Wildman–Crippen LogP) is 1.66. The van der Waals surface area contributed by atoms with Crippen LogP contribution >= 0.6 is 0 Å². The Labute approximate surface area is 189 Å². The van der Waals surface area contributed by atoms with Crippen LogP contribution in [0.25, 0.3) is 5.65 Å². The molecule has 2 saturated heterocycles. The van der Waals surface area contributed by atoms with Crippen LogP contribution in [0.3, 0.4) is 0 Å². The number of hydrogen-bond donors (Lipinski definition) is 1. The molecule has 0 aliphatic carbocycles. The summed E-state index contributed by atoms with van der Waals surface area (Å²) in [6, 6.07) is 8.66. The number of imidazole rings is 1. The standard InChI is InChI=1S/C22H24FN7O3/c1-15(31)25-13-17-14-29(22(32)33-17)16-2-3-19(18(23)12-16)27-8-10-28(11-9-27)21-5-4-20-24-6-7-30(20)26-21/h2-7,12,17H,8-11,13-14H2,1H3,(H,25,31)/t17-/m0/s1. The molecule has 0 radical (unpaired) electrons. The number of nitrogens with zero attached hydrogens (tertiary/aromatic N) is 6. The van der Waals surface area contributed by atoms with Crippen LogP contribution in [0.5, 0.6) is 0 Å². The number of anilines is 3. The maximum atomic E-state index is 15.0. The molecule has 3 aromatic rings. The second-order valence-electron chi connectivity index (χ2n) is 8.08. The molecule has 0 spiro atoms. The smallest absolute Gasteiger partial charge is 0.414 e. The van der Waals surface area contributed by atoms with Gasteiger partial charge in [-0.3, -0.25) is 9.69 Å². The van der Waals surface area contributed by atoms with Crippen molar-refractivity contribution in [3.8, 4) is 0 Å². The highest BCUT2D eigenvalue weighted by Crippen LogP contribution is 2.29. The van der Waals surface area contributed by atoms with Gasteiger partial charge >= 0.3 is 6.09 Å². The van der Waals surface area contributed by atoms with Gasteiger partial charge < -0.3 is 19.9 Å². The molecule has 2 fully saturated rings. The summed E-state index contributed by atoms with van der Waals surface area (Å²) in [5.41, 5.74) is 1.73. The molecule has 2 aliphatic heterocycles. The molecule has 5 rings (SSSR count). The summed E-state index contributed by atoms with van der Waals surface area (Å²) >= 11 is 0. The molecule has 2 aromatic heterocycles. The summed E-state index contributed by atoms with van der Waals surface area (Å²) < 4.78 is 22.0. The van der Waals surface area contributed by atoms with Gasteiger partial charge in [0.05, 0.1) is 24.5 Å². The summed E-state index contributed by atoms with van der Waals surface area (Å²) in [6.07, 6.45) is 2.51. The molecular formula is C22H24FN7O3. The van der Waals surface area contributed by atoms with Crippen LogP contribution < -0.4 is 20.0 Å². The van der Waals surface area contributed by atoms with E-state index >= 15 is 4.39 Å². The molecular weight excluding hydrogens is 429 g/mol. The van der Waals surface area contributed by atoms with Crippen molar-refractivity contribution in [1.29, 1.82) is 0 Å². The van der Waals surface area contributed by atoms with E-state index in [9.17, 15) is 9.59 Å². The largest absolute Gasteiger partial charge is 0.442 e. The van der Waals surface area contributed by atoms with Crippen LogP contribution in [0.15, 0.2) is 42.7 Å². The molecule has 10 nitrogen and oxygen atoms in total. The zero-order valence-electron chi connectivity index (χ0n) is 18.1. The summed E-state index contributed by atoms with van der Waals surface area (Å²) in [6.45, 7) is 4.58. The molecule has 2 amide bonds. The Morgan fingerprint density at radius 2 is 1.97 bits per heavy atom. The number of carbonyl (C=O) groups is 2. The van der Waals surface area contributed by atoms with E-state index in [1.54, 1.807) is 22.8 Å². The van der Waals surface area contributed by atoms with Crippen molar-refractivity contribution in [3.63, 3.8) is 0 Å². The number of amides is 2. The second kappa shape index (κ2) is 8.57. The van der Waals surface area contributed by atoms with Crippen molar-refractivity contribution in [2.75, 3.05) is 54.0 Å². The van der Waals surface area contributed by atoms with Gasteiger partial charge in [0.2, 0.25) is 5.91 Å². The summed E-state index contributed by atoms with van der Waals surface area (Å²) in [5, 5.41) is 7.21. The molecule has 4 heterocycles. The lowest BCUT2D eigenvalue weighted by molar-refractivity contribution is -0.119. The van der Waals surface area contributed by atoms with Crippen molar-refractivity contribution >= 4 is 34.8 Å². The second-order valence-corrected chi connectivity index (χ2v) is 8.08. The molecule has 1 atom stereocenters. The van der Waals surface area contributed by atoms with Crippen LogP contribution in [0.1, 0.15) is 6.92 Å². The van der Waals surface area contributed by atoms with E-state index in [0.29, 0.717) is 37.6 Å². The van der Waals surface area contributed by atoms with Crippen molar-refractivity contribution in [2.24, 2.45) is 0 Å². The van der Waals surface area contributed by atoms with Gasteiger partial charge in [-0.25, -0.2) is 18.7 Å². The minimum Gasteiger partial charge on any atom is -0.442 e. The Hall–Kier alpha value is -3.89. The molecule has 2 aliphatic rings. The highest BCUT2D eigenvalue weighted by molar-refractivity contribution is 5.90. The highest BCUT2D eigenvalue weighted by Gasteiger charge is 2.33. The maximum absolute atomic E-state index is 15.0. The third-order valence-corrected chi connectivity index (χ3v) is 5.88. The van der Waals surface area contributed by atoms with Gasteiger partial charge in [0.1, 0.15) is 17.7 Å². The first kappa shape index (κ1) is 21.0. The Balaban J connectivity index is 1.23. The first-order valence-corrected chi connectivity index (χ1v) is 10.8. The average Bonchev–Trinajstić information content (AvgIpc) is 3.43. The third kappa shape index (κ3) is 4.26. The minimum atomic E-state index is -0.548. The van der Waals surface area contributed by atoms with Gasteiger partial charge in [0, 0.05) is 45.5 Å². The summed E-state index contributed by atoms with van der Waals surface area (Å²) in [5.74, 6) is 0.271. The fraction of sp³-hybridized carbons (Fsp3) is 0.364. The number of cyclic esters (lactones) is 1. The van der Waals surface area contributed by atoms with Gasteiger partial charge in [-0.05, 0) is 30.3 Å². The first-order chi connectivity index (χ1) is 16.0. The average molecular weight is 453 g/mol. The van der Waals surface area contributed by atoms with Crippen molar-refractivity contribution < 1.29 is 18.7 Å². The van der Waals surface area contributed by atoms with E-state index < -0.39 is 18.0 Å². The number of hydrogen-bond acceptors (Lipinski definition) is 7. The molecule has 0 unspecified atom stereocenters. The summed E-state index contributed by atoms with van der Waals surface area (Å²) in [7, 11) is 0. The molecule has 172 valence electrons. The minimum absolute atomic E-state index is 0.196. The number of carbonyl (C=O) groups excluding carboxylic acids is 2. The van der Waals surface area contributed by atoms with E-state index in [4.69, 9.17) is 4.74 Å². The van der Waals surface area contributed by atoms with Crippen molar-refractivity contribution in [2.45, 2.75) is 13.0 Å². The number of ether oxygens (including phenoxy) is 1. The van der Waals surface area contributed by atoms with Crippen LogP contribution in [0.2, 0.25) is 0 Å². The van der Waals surface area contributed by atoms with Gasteiger partial charge in [-0.15, -0.1) is 5.10 Å². The number of halogens is 1. The number of aromatic nitrogens is 3. The van der Waals surface area contributed by atoms with E-state index in [0.717, 1.165) is 11.5 Å². The van der Waals surface area contributed by atoms with Gasteiger partial charge in [-0.2, -0.15) is 0 Å². The molecule has 0 bridgehead atoms. The Morgan fingerprint density at radius 3 is 2.73 bits per heavy atom. The van der Waals surface area contributed by atoms with Crippen molar-refractivity contribution in [3.05, 3.63) is 48.5 Å². The van der Waals surface area contributed by atoms with Gasteiger partial charge in [0.15, 0.2) is 5.65 Å². The van der Waals surface area contributed by atoms with E-state index in [1.165, 1.54) is 17.9 Å². The molecule has 33 heavy (non-hydrogen) atoms. The molecule has 0 saturated carbocycles. The first-order valence-electron chi connectivity index (χ1n) is 10.8. The van der Waals surface area contributed by atoms with E-state index in [2.05, 4.69) is 20.3 Å². The lowest BCUT2D eigenvalue weighted by Gasteiger charge is -2.36. The van der Waals surface area contributed by atoms with Gasteiger partial charge in [0.25, 0.3) is 0 Å².